The van der Waals surface area contributed by atoms with Crippen molar-refractivity contribution in [3.8, 4) is 0 Å². The van der Waals surface area contributed by atoms with Crippen LogP contribution in [0, 0.1) is 5.92 Å². The van der Waals surface area contributed by atoms with E-state index in [1.807, 2.05) is 23.9 Å². The van der Waals surface area contributed by atoms with E-state index in [0.717, 1.165) is 34.5 Å². The molecular weight excluding hydrogens is 350 g/mol. The van der Waals surface area contributed by atoms with E-state index in [9.17, 15) is 0 Å². The van der Waals surface area contributed by atoms with Gasteiger partial charge in [-0.05, 0) is 65.4 Å². The number of hydrogen-bond donors (Lipinski definition) is 1. The van der Waals surface area contributed by atoms with Crippen molar-refractivity contribution in [2.24, 2.45) is 18.7 Å². The molecule has 0 saturated heterocycles. The fraction of sp³-hybridized carbons (Fsp3) is 0.438. The van der Waals surface area contributed by atoms with Crippen molar-refractivity contribution in [2.75, 3.05) is 6.54 Å². The maximum absolute atomic E-state index is 5.97. The van der Waals surface area contributed by atoms with Gasteiger partial charge in [-0.15, -0.1) is 0 Å². The molecule has 1 unspecified atom stereocenters. The predicted octanol–water partition coefficient (Wildman–Crippen LogP) is 3.76. The molecule has 1 atom stereocenters. The zero-order chi connectivity index (χ0) is 15.4. The Kier molecular flexibility index (Phi) is 5.85. The molecule has 0 spiro atoms. The summed E-state index contributed by atoms with van der Waals surface area (Å²) in [5.41, 5.74) is 9.56. The lowest BCUT2D eigenvalue weighted by molar-refractivity contribution is 0.509. The highest BCUT2D eigenvalue weighted by molar-refractivity contribution is 9.10. The summed E-state index contributed by atoms with van der Waals surface area (Å²) in [6.45, 7) is 2.77. The Morgan fingerprint density at radius 1 is 1.29 bits per heavy atom. The van der Waals surface area contributed by atoms with Crippen LogP contribution in [0.2, 0.25) is 5.02 Å². The Morgan fingerprint density at radius 3 is 2.48 bits per heavy atom. The molecule has 21 heavy (non-hydrogen) atoms. The fourth-order valence-electron chi connectivity index (χ4n) is 2.51. The van der Waals surface area contributed by atoms with Gasteiger partial charge in [0.2, 0.25) is 0 Å². The lowest BCUT2D eigenvalue weighted by Gasteiger charge is -2.15. The molecule has 2 aromatic rings. The molecule has 2 N–H and O–H groups in total. The van der Waals surface area contributed by atoms with Gasteiger partial charge < -0.3 is 5.73 Å². The van der Waals surface area contributed by atoms with Crippen molar-refractivity contribution in [2.45, 2.75) is 26.2 Å². The van der Waals surface area contributed by atoms with E-state index < -0.39 is 0 Å². The van der Waals surface area contributed by atoms with Crippen LogP contribution in [0.25, 0.3) is 0 Å². The summed E-state index contributed by atoms with van der Waals surface area (Å²) in [4.78, 5) is 0. The summed E-state index contributed by atoms with van der Waals surface area (Å²) in [6.07, 6.45) is 2.80. The van der Waals surface area contributed by atoms with Crippen LogP contribution in [0.4, 0.5) is 0 Å². The van der Waals surface area contributed by atoms with Gasteiger partial charge in [-0.1, -0.05) is 30.7 Å². The molecule has 1 aromatic carbocycles. The monoisotopic (exact) mass is 369 g/mol. The number of aromatic nitrogens is 2. The summed E-state index contributed by atoms with van der Waals surface area (Å²) in [7, 11) is 2.00. The normalized spacial score (nSPS) is 12.6. The fourth-order valence-corrected chi connectivity index (χ4v) is 3.41. The highest BCUT2D eigenvalue weighted by Crippen LogP contribution is 2.25. The molecule has 5 heteroatoms. The average Bonchev–Trinajstić information content (AvgIpc) is 2.75. The largest absolute Gasteiger partial charge is 0.330 e. The Hall–Kier alpha value is -0.840. The number of rotatable bonds is 6. The van der Waals surface area contributed by atoms with Gasteiger partial charge in [-0.3, -0.25) is 4.68 Å². The average molecular weight is 371 g/mol. The first-order valence-corrected chi connectivity index (χ1v) is 8.37. The molecule has 0 saturated carbocycles. The molecule has 0 aliphatic heterocycles. The first kappa shape index (κ1) is 16.5. The second-order valence-electron chi connectivity index (χ2n) is 5.32. The van der Waals surface area contributed by atoms with Crippen LogP contribution in [-0.2, 0) is 26.3 Å². The van der Waals surface area contributed by atoms with E-state index >= 15 is 0 Å². The van der Waals surface area contributed by atoms with Crippen molar-refractivity contribution in [3.63, 3.8) is 0 Å². The topological polar surface area (TPSA) is 43.8 Å². The zero-order valence-electron chi connectivity index (χ0n) is 12.4. The van der Waals surface area contributed by atoms with Crippen LogP contribution in [0.1, 0.15) is 23.9 Å². The molecule has 114 valence electrons. The minimum atomic E-state index is 0.391. The van der Waals surface area contributed by atoms with Gasteiger partial charge in [-0.25, -0.2) is 0 Å². The maximum atomic E-state index is 5.97. The van der Waals surface area contributed by atoms with Crippen LogP contribution in [-0.4, -0.2) is 16.3 Å². The van der Waals surface area contributed by atoms with E-state index in [1.165, 1.54) is 11.3 Å². The number of benzene rings is 1. The van der Waals surface area contributed by atoms with Gasteiger partial charge in [0.15, 0.2) is 0 Å². The predicted molar refractivity (Wildman–Crippen MR) is 91.7 cm³/mol. The third-order valence-electron chi connectivity index (χ3n) is 3.76. The number of nitrogens with two attached hydrogens (primary N) is 1. The Labute approximate surface area is 139 Å². The van der Waals surface area contributed by atoms with Crippen LogP contribution < -0.4 is 5.73 Å². The van der Waals surface area contributed by atoms with Crippen molar-refractivity contribution >= 4 is 27.5 Å². The molecule has 1 aromatic heterocycles. The molecule has 0 bridgehead atoms. The van der Waals surface area contributed by atoms with Gasteiger partial charge in [0.1, 0.15) is 0 Å². The lowest BCUT2D eigenvalue weighted by atomic mass is 9.94. The van der Waals surface area contributed by atoms with Gasteiger partial charge >= 0.3 is 0 Å². The van der Waals surface area contributed by atoms with E-state index in [4.69, 9.17) is 17.3 Å². The molecule has 0 fully saturated rings. The van der Waals surface area contributed by atoms with E-state index in [0.29, 0.717) is 12.5 Å². The van der Waals surface area contributed by atoms with Gasteiger partial charge in [-0.2, -0.15) is 5.10 Å². The zero-order valence-corrected chi connectivity index (χ0v) is 14.8. The van der Waals surface area contributed by atoms with Gasteiger partial charge in [0, 0.05) is 12.1 Å². The molecular formula is C16H21BrClN3. The summed E-state index contributed by atoms with van der Waals surface area (Å²) in [5, 5.41) is 5.31. The lowest BCUT2D eigenvalue weighted by Crippen LogP contribution is -2.20. The Balaban J connectivity index is 2.12. The first-order chi connectivity index (χ1) is 10.0. The molecule has 0 aliphatic carbocycles. The van der Waals surface area contributed by atoms with Crippen molar-refractivity contribution < 1.29 is 0 Å². The summed E-state index contributed by atoms with van der Waals surface area (Å²) in [5.74, 6) is 0.391. The number of nitrogens with zero attached hydrogens (tertiary/aromatic N) is 2. The minimum Gasteiger partial charge on any atom is -0.330 e. The van der Waals surface area contributed by atoms with Gasteiger partial charge in [0.05, 0.1) is 15.9 Å². The summed E-state index contributed by atoms with van der Waals surface area (Å²) < 4.78 is 3.09. The highest BCUT2D eigenvalue weighted by Gasteiger charge is 2.17. The van der Waals surface area contributed by atoms with Crippen molar-refractivity contribution in [1.29, 1.82) is 0 Å². The molecule has 0 amide bonds. The van der Waals surface area contributed by atoms with Crippen molar-refractivity contribution in [3.05, 3.63) is 50.7 Å². The van der Waals surface area contributed by atoms with Crippen LogP contribution in [0.3, 0.4) is 0 Å². The Morgan fingerprint density at radius 2 is 1.95 bits per heavy atom. The molecule has 1 heterocycles. The van der Waals surface area contributed by atoms with Crippen molar-refractivity contribution in [1.82, 2.24) is 9.78 Å². The van der Waals surface area contributed by atoms with Crippen LogP contribution in [0.5, 0.6) is 0 Å². The maximum Gasteiger partial charge on any atom is 0.0766 e. The van der Waals surface area contributed by atoms with Gasteiger partial charge in [0.25, 0.3) is 0 Å². The van der Waals surface area contributed by atoms with E-state index in [-0.39, 0.29) is 0 Å². The standard InChI is InChI=1S/C16H21BrClN3/c1-3-14-16(17)15(21(2)20-14)9-12(10-19)8-11-4-6-13(18)7-5-11/h4-7,12H,3,8-10,19H2,1-2H3. The SMILES string of the molecule is CCc1nn(C)c(CC(CN)Cc2ccc(Cl)cc2)c1Br. The van der Waals surface area contributed by atoms with E-state index in [2.05, 4.69) is 40.1 Å². The smallest absolute Gasteiger partial charge is 0.0766 e. The molecule has 0 radical (unpaired) electrons. The number of hydrogen-bond acceptors (Lipinski definition) is 2. The second kappa shape index (κ2) is 7.43. The first-order valence-electron chi connectivity index (χ1n) is 7.19. The summed E-state index contributed by atoms with van der Waals surface area (Å²) >= 11 is 9.60. The third kappa shape index (κ3) is 4.09. The Bertz CT molecular complexity index is 592. The molecule has 0 aliphatic rings. The number of halogens is 2. The minimum absolute atomic E-state index is 0.391. The van der Waals surface area contributed by atoms with Crippen LogP contribution in [0.15, 0.2) is 28.7 Å². The second-order valence-corrected chi connectivity index (χ2v) is 6.55. The molecule has 3 nitrogen and oxygen atoms in total. The highest BCUT2D eigenvalue weighted by atomic mass is 79.9. The third-order valence-corrected chi connectivity index (χ3v) is 4.92. The number of aryl methyl sites for hydroxylation is 2. The molecule has 2 rings (SSSR count). The quantitative estimate of drug-likeness (QED) is 0.841. The van der Waals surface area contributed by atoms with Crippen LogP contribution >= 0.6 is 27.5 Å². The summed E-state index contributed by atoms with van der Waals surface area (Å²) in [6, 6.07) is 8.00. The van der Waals surface area contributed by atoms with E-state index in [1.54, 1.807) is 0 Å².